The molecule has 7 heteroatoms. The number of amides is 2. The van der Waals surface area contributed by atoms with Gasteiger partial charge in [-0.05, 0) is 0 Å². The molecule has 1 atom stereocenters. The Morgan fingerprint density at radius 3 is 2.44 bits per heavy atom. The Bertz CT molecular complexity index is 137. The quantitative estimate of drug-likeness (QED) is 0.396. The minimum Gasteiger partial charge on any atom is -0.350 e. The highest BCUT2D eigenvalue weighted by Gasteiger charge is 2.05. The number of urea groups is 1. The number of primary amides is 1. The highest BCUT2D eigenvalue weighted by molar-refractivity contribution is 7.74. The first-order chi connectivity index (χ1) is 4.04. The zero-order chi connectivity index (χ0) is 7.44. The molecule has 0 radical (unpaired) electrons. The molecule has 0 rings (SSSR count). The summed E-state index contributed by atoms with van der Waals surface area (Å²) in [4.78, 5) is 10.0. The van der Waals surface area contributed by atoms with Gasteiger partial charge in [0.2, 0.25) is 0 Å². The Kier molecular flexibility index (Phi) is 3.13. The average molecular weight is 154 g/mol. The van der Waals surface area contributed by atoms with Crippen molar-refractivity contribution < 1.29 is 17.8 Å². The third kappa shape index (κ3) is 3.88. The molecule has 0 aliphatic carbocycles. The first-order valence-electron chi connectivity index (χ1n) is 1.86. The molecule has 0 saturated heterocycles. The van der Waals surface area contributed by atoms with Crippen molar-refractivity contribution in [1.82, 2.24) is 5.06 Å². The second-order valence-corrected chi connectivity index (χ2v) is 1.71. The van der Waals surface area contributed by atoms with E-state index in [0.29, 0.717) is 5.06 Å². The SMILES string of the molecule is CN(OS(=O)O)C(N)=O. The highest BCUT2D eigenvalue weighted by Crippen LogP contribution is 1.85. The van der Waals surface area contributed by atoms with Crippen LogP contribution in [0.3, 0.4) is 0 Å². The maximum absolute atomic E-state index is 10.0. The van der Waals surface area contributed by atoms with E-state index in [2.05, 4.69) is 10.0 Å². The van der Waals surface area contributed by atoms with Gasteiger partial charge in [0.25, 0.3) is 0 Å². The summed E-state index contributed by atoms with van der Waals surface area (Å²) in [6.45, 7) is 0. The van der Waals surface area contributed by atoms with E-state index in [0.717, 1.165) is 7.05 Å². The topological polar surface area (TPSA) is 92.9 Å². The lowest BCUT2D eigenvalue weighted by Gasteiger charge is -2.07. The molecule has 3 N–H and O–H groups in total. The Morgan fingerprint density at radius 1 is 1.89 bits per heavy atom. The molecule has 1 unspecified atom stereocenters. The van der Waals surface area contributed by atoms with Crippen LogP contribution in [0.25, 0.3) is 0 Å². The molecule has 0 aromatic heterocycles. The van der Waals surface area contributed by atoms with Gasteiger partial charge in [-0.15, -0.1) is 4.28 Å². The number of nitrogens with zero attached hydrogens (tertiary/aromatic N) is 1. The standard InChI is InChI=1S/C2H6N2O4S/c1-4(2(3)5)8-9(6)7/h1H3,(H2,3,5)(H,6,7). The van der Waals surface area contributed by atoms with Gasteiger partial charge >= 0.3 is 17.4 Å². The fraction of sp³-hybridized carbons (Fsp3) is 0.500. The largest absolute Gasteiger partial charge is 0.350 e. The summed E-state index contributed by atoms with van der Waals surface area (Å²) < 4.78 is 21.6. The molecular formula is C2H6N2O4S. The van der Waals surface area contributed by atoms with Gasteiger partial charge in [0, 0.05) is 7.05 Å². The molecule has 2 amide bonds. The zero-order valence-electron chi connectivity index (χ0n) is 4.60. The fourth-order valence-corrected chi connectivity index (χ4v) is 0.397. The van der Waals surface area contributed by atoms with Crippen LogP contribution in [0.2, 0.25) is 0 Å². The molecule has 0 aliphatic heterocycles. The van der Waals surface area contributed by atoms with E-state index >= 15 is 0 Å². The van der Waals surface area contributed by atoms with Crippen LogP contribution in [-0.4, -0.2) is 26.9 Å². The van der Waals surface area contributed by atoms with Gasteiger partial charge < -0.3 is 5.73 Å². The highest BCUT2D eigenvalue weighted by atomic mass is 32.2. The Labute approximate surface area is 54.0 Å². The van der Waals surface area contributed by atoms with Crippen molar-refractivity contribution in [3.05, 3.63) is 0 Å². The van der Waals surface area contributed by atoms with Crippen molar-refractivity contribution in [2.24, 2.45) is 5.73 Å². The van der Waals surface area contributed by atoms with Crippen LogP contribution in [0.1, 0.15) is 0 Å². The maximum Gasteiger partial charge on any atom is 0.339 e. The molecule has 0 bridgehead atoms. The summed E-state index contributed by atoms with van der Waals surface area (Å²) >= 11 is -2.49. The normalized spacial score (nSPS) is 12.7. The smallest absolute Gasteiger partial charge is 0.339 e. The lowest BCUT2D eigenvalue weighted by Crippen LogP contribution is -2.32. The predicted molar refractivity (Wildman–Crippen MR) is 29.2 cm³/mol. The fourth-order valence-electron chi connectivity index (χ4n) is 0.132. The van der Waals surface area contributed by atoms with Crippen LogP contribution in [0.15, 0.2) is 0 Å². The third-order valence-electron chi connectivity index (χ3n) is 0.486. The van der Waals surface area contributed by atoms with Crippen LogP contribution in [-0.2, 0) is 15.6 Å². The van der Waals surface area contributed by atoms with Crippen LogP contribution in [0, 0.1) is 0 Å². The van der Waals surface area contributed by atoms with Crippen LogP contribution in [0.5, 0.6) is 0 Å². The molecule has 0 fully saturated rings. The number of carbonyl (C=O) groups excluding carboxylic acids is 1. The second-order valence-electron chi connectivity index (χ2n) is 1.13. The van der Waals surface area contributed by atoms with Gasteiger partial charge in [0.05, 0.1) is 0 Å². The summed E-state index contributed by atoms with van der Waals surface area (Å²) in [7, 11) is 1.12. The van der Waals surface area contributed by atoms with Crippen molar-refractivity contribution in [2.45, 2.75) is 0 Å². The Hall–Kier alpha value is -0.660. The molecule has 0 aromatic rings. The summed E-state index contributed by atoms with van der Waals surface area (Å²) in [6, 6.07) is -0.933. The van der Waals surface area contributed by atoms with E-state index in [1.807, 2.05) is 0 Å². The first-order valence-corrected chi connectivity index (χ1v) is 2.89. The maximum atomic E-state index is 10.0. The van der Waals surface area contributed by atoms with Gasteiger partial charge in [-0.1, -0.05) is 0 Å². The van der Waals surface area contributed by atoms with E-state index < -0.39 is 17.4 Å². The van der Waals surface area contributed by atoms with E-state index in [4.69, 9.17) is 4.55 Å². The van der Waals surface area contributed by atoms with E-state index in [1.165, 1.54) is 0 Å². The summed E-state index contributed by atoms with van der Waals surface area (Å²) in [5.74, 6) is 0. The molecule has 9 heavy (non-hydrogen) atoms. The predicted octanol–water partition coefficient (Wildman–Crippen LogP) is -0.935. The zero-order valence-corrected chi connectivity index (χ0v) is 5.42. The van der Waals surface area contributed by atoms with Crippen LogP contribution < -0.4 is 5.73 Å². The number of hydrogen-bond acceptors (Lipinski definition) is 3. The van der Waals surface area contributed by atoms with Gasteiger partial charge in [0.1, 0.15) is 0 Å². The lowest BCUT2D eigenvalue weighted by atomic mass is 11.0. The summed E-state index contributed by atoms with van der Waals surface area (Å²) in [6.07, 6.45) is 0. The number of hydroxylamine groups is 2. The van der Waals surface area contributed by atoms with Crippen molar-refractivity contribution >= 4 is 17.4 Å². The summed E-state index contributed by atoms with van der Waals surface area (Å²) in [5, 5.41) is 0.454. The monoisotopic (exact) mass is 154 g/mol. The van der Waals surface area contributed by atoms with Crippen molar-refractivity contribution in [3.63, 3.8) is 0 Å². The Morgan fingerprint density at radius 2 is 2.33 bits per heavy atom. The van der Waals surface area contributed by atoms with Gasteiger partial charge in [-0.3, -0.25) is 4.55 Å². The molecule has 0 aromatic carbocycles. The number of carbonyl (C=O) groups is 1. The van der Waals surface area contributed by atoms with E-state index in [1.54, 1.807) is 0 Å². The van der Waals surface area contributed by atoms with Crippen molar-refractivity contribution in [3.8, 4) is 0 Å². The Balaban J connectivity index is 3.63. The van der Waals surface area contributed by atoms with E-state index in [9.17, 15) is 9.00 Å². The van der Waals surface area contributed by atoms with E-state index in [-0.39, 0.29) is 0 Å². The average Bonchev–Trinajstić information content (AvgIpc) is 1.63. The van der Waals surface area contributed by atoms with Gasteiger partial charge in [-0.25, -0.2) is 4.79 Å². The number of hydrogen-bond donors (Lipinski definition) is 2. The minimum atomic E-state index is -2.49. The molecule has 0 saturated carbocycles. The molecular weight excluding hydrogens is 148 g/mol. The molecule has 6 nitrogen and oxygen atoms in total. The van der Waals surface area contributed by atoms with Crippen LogP contribution in [0.4, 0.5) is 4.79 Å². The number of nitrogens with two attached hydrogens (primary N) is 1. The van der Waals surface area contributed by atoms with Crippen LogP contribution >= 0.6 is 0 Å². The van der Waals surface area contributed by atoms with Crippen molar-refractivity contribution in [1.29, 1.82) is 0 Å². The van der Waals surface area contributed by atoms with Gasteiger partial charge in [0.15, 0.2) is 0 Å². The minimum absolute atomic E-state index is 0.454. The molecule has 0 aliphatic rings. The number of rotatable bonds is 2. The molecule has 0 heterocycles. The second kappa shape index (κ2) is 3.38. The lowest BCUT2D eigenvalue weighted by molar-refractivity contribution is 0.0220. The molecule has 54 valence electrons. The molecule has 0 spiro atoms. The summed E-state index contributed by atoms with van der Waals surface area (Å²) in [5.41, 5.74) is 4.60. The first kappa shape index (κ1) is 8.34. The van der Waals surface area contributed by atoms with Gasteiger partial charge in [-0.2, -0.15) is 9.27 Å². The third-order valence-corrected chi connectivity index (χ3v) is 0.837. The van der Waals surface area contributed by atoms with Crippen molar-refractivity contribution in [2.75, 3.05) is 7.05 Å².